The number of aromatic nitrogens is 2. The molecule has 2 rings (SSSR count). The van der Waals surface area contributed by atoms with Crippen LogP contribution in [0.4, 0.5) is 0 Å². The highest BCUT2D eigenvalue weighted by atomic mass is 16.9. The molecule has 18 heavy (non-hydrogen) atoms. The molecule has 7 heteroatoms. The van der Waals surface area contributed by atoms with Crippen LogP contribution in [0.25, 0.3) is 0 Å². The lowest BCUT2D eigenvalue weighted by Crippen LogP contribution is -2.15. The lowest BCUT2D eigenvalue weighted by Gasteiger charge is -2.15. The third-order valence-electron chi connectivity index (χ3n) is 3.24. The van der Waals surface area contributed by atoms with Gasteiger partial charge in [0.1, 0.15) is 0 Å². The zero-order valence-corrected chi connectivity index (χ0v) is 10.7. The molecule has 0 bridgehead atoms. The van der Waals surface area contributed by atoms with E-state index in [2.05, 4.69) is 23.5 Å². The molecule has 0 aromatic carbocycles. The van der Waals surface area contributed by atoms with Gasteiger partial charge in [0.15, 0.2) is 0 Å². The molecular weight excluding hydrogens is 238 g/mol. The van der Waals surface area contributed by atoms with Crippen LogP contribution in [0.3, 0.4) is 0 Å². The zero-order valence-electron chi connectivity index (χ0n) is 10.7. The Morgan fingerprint density at radius 2 is 2.22 bits per heavy atom. The molecule has 1 N–H and O–H groups in total. The van der Waals surface area contributed by atoms with Crippen LogP contribution in [0.5, 0.6) is 0 Å². The molecule has 2 unspecified atom stereocenters. The Labute approximate surface area is 106 Å². The van der Waals surface area contributed by atoms with Crippen LogP contribution in [0, 0.1) is 22.0 Å². The molecule has 102 valence electrons. The topological polar surface area (TPSA) is 90.4 Å². The van der Waals surface area contributed by atoms with E-state index in [9.17, 15) is 0 Å². The second-order valence-corrected chi connectivity index (χ2v) is 4.40. The minimum atomic E-state index is -1.50. The Balaban J connectivity index is 0.000000357. The smallest absolute Gasteiger partial charge is 0.291 e. The lowest BCUT2D eigenvalue weighted by atomic mass is 9.90. The van der Waals surface area contributed by atoms with Gasteiger partial charge in [0.25, 0.3) is 5.09 Å². The Morgan fingerprint density at radius 3 is 2.72 bits per heavy atom. The van der Waals surface area contributed by atoms with Crippen molar-refractivity contribution in [3.63, 3.8) is 0 Å². The first-order valence-electron chi connectivity index (χ1n) is 5.90. The summed E-state index contributed by atoms with van der Waals surface area (Å²) in [7, 11) is 2.05. The number of hydrogen-bond acceptors (Lipinski definition) is 4. The van der Waals surface area contributed by atoms with Crippen molar-refractivity contribution in [2.75, 3.05) is 13.2 Å². The van der Waals surface area contributed by atoms with E-state index in [1.54, 1.807) is 0 Å². The van der Waals surface area contributed by atoms with E-state index in [1.165, 1.54) is 12.1 Å². The van der Waals surface area contributed by atoms with Crippen LogP contribution in [0.15, 0.2) is 12.5 Å². The summed E-state index contributed by atoms with van der Waals surface area (Å²) < 4.78 is 7.62. The number of hydrogen-bond donors (Lipinski definition) is 1. The van der Waals surface area contributed by atoms with Crippen LogP contribution in [-0.2, 0) is 18.2 Å². The van der Waals surface area contributed by atoms with Gasteiger partial charge in [-0.25, -0.2) is 4.98 Å². The van der Waals surface area contributed by atoms with E-state index in [-0.39, 0.29) is 0 Å². The van der Waals surface area contributed by atoms with Gasteiger partial charge in [0.2, 0.25) is 0 Å². The highest BCUT2D eigenvalue weighted by molar-refractivity contribution is 5.00. The van der Waals surface area contributed by atoms with E-state index in [1.807, 2.05) is 12.5 Å². The van der Waals surface area contributed by atoms with Crippen molar-refractivity contribution in [1.29, 1.82) is 0 Å². The van der Waals surface area contributed by atoms with Gasteiger partial charge in [0.05, 0.1) is 12.9 Å². The van der Waals surface area contributed by atoms with Crippen molar-refractivity contribution in [3.05, 3.63) is 28.3 Å². The van der Waals surface area contributed by atoms with Crippen molar-refractivity contribution < 1.29 is 15.0 Å². The van der Waals surface area contributed by atoms with E-state index < -0.39 is 5.09 Å². The predicted octanol–water partition coefficient (Wildman–Crippen LogP) is 1.29. The van der Waals surface area contributed by atoms with Crippen LogP contribution in [-0.4, -0.2) is 33.1 Å². The molecule has 0 amide bonds. The second-order valence-electron chi connectivity index (χ2n) is 4.40. The molecule has 1 aromatic rings. The fourth-order valence-corrected chi connectivity index (χ4v) is 2.17. The first-order chi connectivity index (χ1) is 8.54. The van der Waals surface area contributed by atoms with Crippen LogP contribution in [0.1, 0.15) is 19.0 Å². The summed E-state index contributed by atoms with van der Waals surface area (Å²) in [5, 5.41) is 13.6. The van der Waals surface area contributed by atoms with Crippen LogP contribution >= 0.6 is 0 Å². The highest BCUT2D eigenvalue weighted by Crippen LogP contribution is 2.26. The van der Waals surface area contributed by atoms with E-state index in [4.69, 9.17) is 20.1 Å². The maximum atomic E-state index is 8.36. The maximum absolute atomic E-state index is 8.36. The van der Waals surface area contributed by atoms with Gasteiger partial charge in [-0.2, -0.15) is 0 Å². The first-order valence-corrected chi connectivity index (χ1v) is 5.90. The largest absolute Gasteiger partial charge is 0.381 e. The summed E-state index contributed by atoms with van der Waals surface area (Å²) in [6.45, 7) is 4.11. The Morgan fingerprint density at radius 1 is 1.61 bits per heavy atom. The average molecular weight is 257 g/mol. The van der Waals surface area contributed by atoms with Gasteiger partial charge in [-0.05, 0) is 18.3 Å². The van der Waals surface area contributed by atoms with Gasteiger partial charge in [-0.1, -0.05) is 13.3 Å². The molecule has 2 heterocycles. The van der Waals surface area contributed by atoms with Crippen LogP contribution in [0.2, 0.25) is 0 Å². The number of aryl methyl sites for hydroxylation is 1. The third-order valence-corrected chi connectivity index (χ3v) is 3.24. The molecule has 0 spiro atoms. The standard InChI is InChI=1S/C11H18N2O.HNO3/c1-3-9-6-14-7-10(9)4-11-5-12-8-13(11)2;2-1(3)4/h5,8-10H,3-4,6-7H2,1-2H3;(H,2,3,4). The minimum absolute atomic E-state index is 0.690. The molecule has 1 fully saturated rings. The number of imidazole rings is 1. The molecule has 1 aliphatic rings. The quantitative estimate of drug-likeness (QED) is 0.650. The number of ether oxygens (including phenoxy) is 1. The molecule has 1 aromatic heterocycles. The molecule has 7 nitrogen and oxygen atoms in total. The summed E-state index contributed by atoms with van der Waals surface area (Å²) in [6, 6.07) is 0. The van der Waals surface area contributed by atoms with Crippen molar-refractivity contribution in [3.8, 4) is 0 Å². The molecular formula is C11H19N3O4. The Hall–Kier alpha value is -1.63. The lowest BCUT2D eigenvalue weighted by molar-refractivity contribution is -0.742. The Bertz CT molecular complexity index is 376. The van der Waals surface area contributed by atoms with Crippen molar-refractivity contribution in [1.82, 2.24) is 9.55 Å². The second kappa shape index (κ2) is 6.95. The summed E-state index contributed by atoms with van der Waals surface area (Å²) in [5.41, 5.74) is 1.32. The maximum Gasteiger partial charge on any atom is 0.291 e. The normalized spacial score (nSPS) is 22.3. The Kier molecular flexibility index (Phi) is 5.57. The predicted molar refractivity (Wildman–Crippen MR) is 63.8 cm³/mol. The monoisotopic (exact) mass is 257 g/mol. The number of nitrogens with zero attached hydrogens (tertiary/aromatic N) is 3. The van der Waals surface area contributed by atoms with Gasteiger partial charge >= 0.3 is 0 Å². The average Bonchev–Trinajstić information content (AvgIpc) is 2.88. The van der Waals surface area contributed by atoms with Gasteiger partial charge in [0, 0.05) is 25.5 Å². The highest BCUT2D eigenvalue weighted by Gasteiger charge is 2.27. The molecule has 0 saturated carbocycles. The number of rotatable bonds is 3. The van der Waals surface area contributed by atoms with Crippen LogP contribution < -0.4 is 0 Å². The molecule has 1 saturated heterocycles. The van der Waals surface area contributed by atoms with Gasteiger partial charge < -0.3 is 14.5 Å². The third kappa shape index (κ3) is 4.33. The summed E-state index contributed by atoms with van der Waals surface area (Å²) in [4.78, 5) is 12.5. The fraction of sp³-hybridized carbons (Fsp3) is 0.727. The van der Waals surface area contributed by atoms with E-state index in [0.29, 0.717) is 5.92 Å². The molecule has 2 atom stereocenters. The zero-order chi connectivity index (χ0) is 13.5. The van der Waals surface area contributed by atoms with Crippen molar-refractivity contribution >= 4 is 0 Å². The SMILES string of the molecule is CCC1COCC1Cc1cncn1C.O=[N+]([O-])O. The summed E-state index contributed by atoms with van der Waals surface area (Å²) in [6.07, 6.45) is 6.16. The van der Waals surface area contributed by atoms with Gasteiger partial charge in [-0.15, -0.1) is 10.1 Å². The minimum Gasteiger partial charge on any atom is -0.381 e. The van der Waals surface area contributed by atoms with Crippen molar-refractivity contribution in [2.45, 2.75) is 19.8 Å². The van der Waals surface area contributed by atoms with E-state index >= 15 is 0 Å². The molecule has 0 aliphatic carbocycles. The van der Waals surface area contributed by atoms with Gasteiger partial charge in [-0.3, -0.25) is 0 Å². The fourth-order valence-electron chi connectivity index (χ4n) is 2.17. The molecule has 0 radical (unpaired) electrons. The first kappa shape index (κ1) is 14.4. The summed E-state index contributed by atoms with van der Waals surface area (Å²) in [5.74, 6) is 1.43. The van der Waals surface area contributed by atoms with Crippen molar-refractivity contribution in [2.24, 2.45) is 18.9 Å². The summed E-state index contributed by atoms with van der Waals surface area (Å²) >= 11 is 0. The molecule has 1 aliphatic heterocycles. The van der Waals surface area contributed by atoms with E-state index in [0.717, 1.165) is 25.6 Å².